The highest BCUT2D eigenvalue weighted by Crippen LogP contribution is 2.38. The van der Waals surface area contributed by atoms with E-state index in [1.807, 2.05) is 12.1 Å². The van der Waals surface area contributed by atoms with Gasteiger partial charge in [0.05, 0.1) is 0 Å². The molecule has 0 aromatic carbocycles. The van der Waals surface area contributed by atoms with Gasteiger partial charge in [-0.25, -0.2) is 4.98 Å². The lowest BCUT2D eigenvalue weighted by molar-refractivity contribution is 0.377. The molecule has 6 nitrogen and oxygen atoms in total. The Hall–Kier alpha value is -1.79. The minimum Gasteiger partial charge on any atom is -0.446 e. The molecule has 0 aliphatic carbocycles. The highest BCUT2D eigenvalue weighted by atomic mass is 32.1. The van der Waals surface area contributed by atoms with Crippen molar-refractivity contribution in [3.63, 3.8) is 0 Å². The van der Waals surface area contributed by atoms with Gasteiger partial charge in [0.1, 0.15) is 10.7 Å². The molecule has 0 fully saturated rings. The first kappa shape index (κ1) is 17.0. The summed E-state index contributed by atoms with van der Waals surface area (Å²) in [5, 5.41) is 0.808. The first-order chi connectivity index (χ1) is 11.3. The van der Waals surface area contributed by atoms with E-state index >= 15 is 0 Å². The predicted octanol–water partition coefficient (Wildman–Crippen LogP) is 3.47. The second-order valence-electron chi connectivity index (χ2n) is 5.81. The fourth-order valence-electron chi connectivity index (χ4n) is 2.28. The Morgan fingerprint density at radius 2 is 2.08 bits per heavy atom. The van der Waals surface area contributed by atoms with Gasteiger partial charge in [-0.2, -0.15) is 0 Å². The summed E-state index contributed by atoms with van der Waals surface area (Å²) in [6, 6.07) is 6.63. The monoisotopic (exact) mass is 364 g/mol. The van der Waals surface area contributed by atoms with E-state index < -0.39 is 7.60 Å². The highest BCUT2D eigenvalue weighted by molar-refractivity contribution is 7.59. The van der Waals surface area contributed by atoms with Gasteiger partial charge in [0.25, 0.3) is 0 Å². The van der Waals surface area contributed by atoms with Crippen LogP contribution in [-0.2, 0) is 11.0 Å². The lowest BCUT2D eigenvalue weighted by Crippen LogP contribution is -1.98. The topological polar surface area (TPSA) is 96.5 Å². The SMILES string of the molecule is CC(C)Cc1sc(-c2cccnc2)nc1-c1ccc(P(=O)(O)O)o1. The maximum Gasteiger partial charge on any atom is 0.391 e. The van der Waals surface area contributed by atoms with E-state index in [9.17, 15) is 14.4 Å². The van der Waals surface area contributed by atoms with Crippen LogP contribution in [0.4, 0.5) is 0 Å². The lowest BCUT2D eigenvalue weighted by atomic mass is 10.1. The Labute approximate surface area is 143 Å². The molecule has 0 atom stereocenters. The zero-order valence-electron chi connectivity index (χ0n) is 13.2. The molecule has 24 heavy (non-hydrogen) atoms. The van der Waals surface area contributed by atoms with Gasteiger partial charge in [0.2, 0.25) is 5.50 Å². The zero-order chi connectivity index (χ0) is 17.3. The van der Waals surface area contributed by atoms with Crippen LogP contribution in [0.3, 0.4) is 0 Å². The first-order valence-electron chi connectivity index (χ1n) is 7.41. The van der Waals surface area contributed by atoms with Gasteiger partial charge >= 0.3 is 7.60 Å². The third kappa shape index (κ3) is 3.65. The van der Waals surface area contributed by atoms with E-state index in [4.69, 9.17) is 4.42 Å². The number of aromatic nitrogens is 2. The molecule has 0 unspecified atom stereocenters. The second kappa shape index (κ2) is 6.61. The maximum absolute atomic E-state index is 11.3. The smallest absolute Gasteiger partial charge is 0.391 e. The predicted molar refractivity (Wildman–Crippen MR) is 93.3 cm³/mol. The second-order valence-corrected chi connectivity index (χ2v) is 8.42. The van der Waals surface area contributed by atoms with Crippen LogP contribution in [0.15, 0.2) is 41.1 Å². The Bertz CT molecular complexity index is 883. The van der Waals surface area contributed by atoms with Crippen molar-refractivity contribution in [2.24, 2.45) is 5.92 Å². The molecular weight excluding hydrogens is 347 g/mol. The fourth-order valence-corrected chi connectivity index (χ4v) is 4.03. The number of hydrogen-bond acceptors (Lipinski definition) is 5. The van der Waals surface area contributed by atoms with Crippen molar-refractivity contribution in [3.8, 4) is 22.0 Å². The largest absolute Gasteiger partial charge is 0.446 e. The molecule has 0 bridgehead atoms. The van der Waals surface area contributed by atoms with Gasteiger partial charge < -0.3 is 14.2 Å². The molecule has 0 aliphatic rings. The Kier molecular flexibility index (Phi) is 4.69. The highest BCUT2D eigenvalue weighted by Gasteiger charge is 2.24. The van der Waals surface area contributed by atoms with Crippen LogP contribution in [0.5, 0.6) is 0 Å². The number of hydrogen-bond donors (Lipinski definition) is 2. The molecule has 0 spiro atoms. The van der Waals surface area contributed by atoms with Gasteiger partial charge in [-0.1, -0.05) is 13.8 Å². The quantitative estimate of drug-likeness (QED) is 0.673. The van der Waals surface area contributed by atoms with E-state index in [0.29, 0.717) is 17.4 Å². The molecule has 8 heteroatoms. The van der Waals surface area contributed by atoms with Crippen molar-refractivity contribution in [2.75, 3.05) is 0 Å². The summed E-state index contributed by atoms with van der Waals surface area (Å²) in [7, 11) is -4.41. The van der Waals surface area contributed by atoms with Crippen LogP contribution >= 0.6 is 18.9 Å². The average Bonchev–Trinajstić information content (AvgIpc) is 3.13. The van der Waals surface area contributed by atoms with Gasteiger partial charge in [0.15, 0.2) is 5.76 Å². The number of pyridine rings is 1. The average molecular weight is 364 g/mol. The summed E-state index contributed by atoms with van der Waals surface area (Å²) in [6.07, 6.45) is 4.25. The van der Waals surface area contributed by atoms with Crippen LogP contribution in [0.2, 0.25) is 0 Å². The number of nitrogens with zero attached hydrogens (tertiary/aromatic N) is 2. The van der Waals surface area contributed by atoms with Crippen molar-refractivity contribution >= 4 is 24.4 Å². The van der Waals surface area contributed by atoms with Crippen molar-refractivity contribution in [3.05, 3.63) is 41.5 Å². The number of rotatable bonds is 5. The third-order valence-electron chi connectivity index (χ3n) is 3.31. The minimum absolute atomic E-state index is 0.344. The zero-order valence-corrected chi connectivity index (χ0v) is 14.9. The summed E-state index contributed by atoms with van der Waals surface area (Å²) < 4.78 is 16.7. The van der Waals surface area contributed by atoms with Gasteiger partial charge in [-0.05, 0) is 36.6 Å². The molecule has 0 aliphatic heterocycles. The summed E-state index contributed by atoms with van der Waals surface area (Å²) in [4.78, 5) is 28.2. The molecule has 0 saturated carbocycles. The normalized spacial score (nSPS) is 12.0. The van der Waals surface area contributed by atoms with Crippen molar-refractivity contribution in [2.45, 2.75) is 20.3 Å². The van der Waals surface area contributed by atoms with Crippen LogP contribution in [0.25, 0.3) is 22.0 Å². The molecule has 2 N–H and O–H groups in total. The fraction of sp³-hybridized carbons (Fsp3) is 0.250. The summed E-state index contributed by atoms with van der Waals surface area (Å²) in [5.41, 5.74) is 1.19. The Morgan fingerprint density at radius 1 is 1.29 bits per heavy atom. The first-order valence-corrected chi connectivity index (χ1v) is 9.84. The third-order valence-corrected chi connectivity index (χ3v) is 5.25. The van der Waals surface area contributed by atoms with E-state index in [-0.39, 0.29) is 5.50 Å². The van der Waals surface area contributed by atoms with Gasteiger partial charge in [-0.15, -0.1) is 11.3 Å². The summed E-state index contributed by atoms with van der Waals surface area (Å²) in [5.74, 6) is 0.789. The standard InChI is InChI=1S/C16H17N2O4PS/c1-10(2)8-13-15(12-5-6-14(22-12)23(19,20)21)18-16(24-13)11-4-3-7-17-9-11/h3-7,9-10H,8H2,1-2H3,(H2,19,20,21). The molecule has 0 amide bonds. The molecule has 3 rings (SSSR count). The van der Waals surface area contributed by atoms with E-state index in [2.05, 4.69) is 23.8 Å². The van der Waals surface area contributed by atoms with Crippen LogP contribution in [-0.4, -0.2) is 19.8 Å². The lowest BCUT2D eigenvalue weighted by Gasteiger charge is -2.03. The van der Waals surface area contributed by atoms with E-state index in [1.165, 1.54) is 6.07 Å². The number of thiazole rings is 1. The van der Waals surface area contributed by atoms with E-state index in [0.717, 1.165) is 21.9 Å². The van der Waals surface area contributed by atoms with Gasteiger partial charge in [-0.3, -0.25) is 9.55 Å². The van der Waals surface area contributed by atoms with Crippen LogP contribution in [0.1, 0.15) is 18.7 Å². The van der Waals surface area contributed by atoms with Crippen molar-refractivity contribution < 1.29 is 18.8 Å². The summed E-state index contributed by atoms with van der Waals surface area (Å²) >= 11 is 1.55. The maximum atomic E-state index is 11.3. The Morgan fingerprint density at radius 3 is 2.67 bits per heavy atom. The molecular formula is C16H17N2O4PS. The van der Waals surface area contributed by atoms with Crippen molar-refractivity contribution in [1.29, 1.82) is 0 Å². The van der Waals surface area contributed by atoms with Crippen LogP contribution in [0, 0.1) is 5.92 Å². The molecule has 126 valence electrons. The Balaban J connectivity index is 2.07. The number of furan rings is 1. The molecule has 3 heterocycles. The summed E-state index contributed by atoms with van der Waals surface area (Å²) in [6.45, 7) is 4.22. The molecule has 3 aromatic rings. The van der Waals surface area contributed by atoms with Crippen LogP contribution < -0.4 is 5.50 Å². The molecule has 0 saturated heterocycles. The van der Waals surface area contributed by atoms with Crippen molar-refractivity contribution in [1.82, 2.24) is 9.97 Å². The molecule has 0 radical (unpaired) electrons. The van der Waals surface area contributed by atoms with E-state index in [1.54, 1.807) is 29.8 Å². The minimum atomic E-state index is -4.41. The van der Waals surface area contributed by atoms with Gasteiger partial charge in [0, 0.05) is 22.8 Å². The molecule has 3 aromatic heterocycles.